The van der Waals surface area contributed by atoms with Crippen LogP contribution < -0.4 is 10.3 Å². The number of hydrogen-bond acceptors (Lipinski definition) is 7. The van der Waals surface area contributed by atoms with Crippen LogP contribution in [0.4, 0.5) is 0 Å². The first-order chi connectivity index (χ1) is 17.8. The second-order valence-corrected chi connectivity index (χ2v) is 17.6. The van der Waals surface area contributed by atoms with Gasteiger partial charge in [-0.2, -0.15) is 0 Å². The maximum atomic E-state index is 13.9. The molecule has 0 spiro atoms. The minimum absolute atomic E-state index is 0.136. The van der Waals surface area contributed by atoms with Crippen molar-refractivity contribution >= 4 is 40.4 Å². The van der Waals surface area contributed by atoms with Gasteiger partial charge in [-0.25, -0.2) is 4.98 Å². The van der Waals surface area contributed by atoms with E-state index in [1.807, 2.05) is 36.7 Å². The molecular formula is C28H35N3O4SSi. The largest absolute Gasteiger partial charge is 0.493 e. The average Bonchev–Trinajstić information content (AvgIpc) is 3.35. The number of thiophene rings is 1. The summed E-state index contributed by atoms with van der Waals surface area (Å²) >= 11 is 1.65. The number of nitrogens with zero attached hydrogens (tertiary/aromatic N) is 3. The summed E-state index contributed by atoms with van der Waals surface area (Å²) in [5, 5.41) is 3.67. The van der Waals surface area contributed by atoms with Crippen molar-refractivity contribution in [1.82, 2.24) is 14.5 Å². The zero-order valence-electron chi connectivity index (χ0n) is 22.1. The molecule has 196 valence electrons. The fourth-order valence-corrected chi connectivity index (χ4v) is 6.01. The molecule has 4 heterocycles. The van der Waals surface area contributed by atoms with Gasteiger partial charge in [-0.1, -0.05) is 19.6 Å². The minimum atomic E-state index is -1.26. The smallest absolute Gasteiger partial charge is 0.263 e. The van der Waals surface area contributed by atoms with Crippen molar-refractivity contribution in [2.45, 2.75) is 52.2 Å². The highest BCUT2D eigenvalue weighted by Crippen LogP contribution is 2.28. The molecule has 1 fully saturated rings. The molecule has 7 nitrogen and oxygen atoms in total. The molecule has 1 aliphatic heterocycles. The van der Waals surface area contributed by atoms with Crippen LogP contribution in [-0.2, 0) is 16.2 Å². The van der Waals surface area contributed by atoms with Crippen LogP contribution in [0.2, 0.25) is 25.7 Å². The fourth-order valence-electron chi connectivity index (χ4n) is 4.52. The van der Waals surface area contributed by atoms with E-state index in [1.54, 1.807) is 15.9 Å². The van der Waals surface area contributed by atoms with Gasteiger partial charge < -0.3 is 14.2 Å². The first-order valence-corrected chi connectivity index (χ1v) is 17.5. The van der Waals surface area contributed by atoms with Crippen molar-refractivity contribution in [2.75, 3.05) is 26.4 Å². The summed E-state index contributed by atoms with van der Waals surface area (Å²) < 4.78 is 20.4. The van der Waals surface area contributed by atoms with Crippen LogP contribution in [0.15, 0.2) is 40.6 Å². The molecule has 1 aliphatic rings. The normalized spacial score (nSPS) is 15.0. The molecule has 0 atom stereocenters. The van der Waals surface area contributed by atoms with E-state index in [-0.39, 0.29) is 12.3 Å². The predicted octanol–water partition coefficient (Wildman–Crippen LogP) is 6.10. The van der Waals surface area contributed by atoms with Crippen LogP contribution in [0.1, 0.15) is 18.4 Å². The van der Waals surface area contributed by atoms with Gasteiger partial charge in [0.15, 0.2) is 5.82 Å². The molecule has 1 saturated heterocycles. The standard InChI is InChI=1S/C28H35N3O4SSi/c1-19-13-22(35-17-20-5-8-33-9-6-20)15-23-26(19)30-27(24-14-21-7-11-36-25(21)16-29-24)31(28(23)32)18-34-10-12-37(2,3)4/h7,11,13-16,20H,5-6,8-10,12,17-18H2,1-4H3. The van der Waals surface area contributed by atoms with Crippen LogP contribution in [-0.4, -0.2) is 49.0 Å². The molecule has 0 unspecified atom stereocenters. The van der Waals surface area contributed by atoms with E-state index in [2.05, 4.69) is 30.7 Å². The molecule has 3 aromatic heterocycles. The molecule has 0 aliphatic carbocycles. The molecule has 4 aromatic rings. The van der Waals surface area contributed by atoms with E-state index in [0.29, 0.717) is 47.3 Å². The SMILES string of the molecule is Cc1cc(OCC2CCOCC2)cc2c(=O)n(COCC[Si](C)(C)C)c(-c3cc4ccsc4cn3)nc12. The van der Waals surface area contributed by atoms with E-state index in [1.165, 1.54) is 0 Å². The van der Waals surface area contributed by atoms with Crippen LogP contribution in [0.25, 0.3) is 32.5 Å². The van der Waals surface area contributed by atoms with Gasteiger partial charge >= 0.3 is 0 Å². The second-order valence-electron chi connectivity index (χ2n) is 11.0. The Morgan fingerprint density at radius 3 is 2.78 bits per heavy atom. The van der Waals surface area contributed by atoms with Crippen molar-refractivity contribution in [1.29, 1.82) is 0 Å². The Morgan fingerprint density at radius 2 is 2.00 bits per heavy atom. The van der Waals surface area contributed by atoms with Crippen LogP contribution in [0.3, 0.4) is 0 Å². The van der Waals surface area contributed by atoms with Gasteiger partial charge in [-0.05, 0) is 72.3 Å². The Bertz CT molecular complexity index is 1450. The monoisotopic (exact) mass is 537 g/mol. The fraction of sp³-hybridized carbons (Fsp3) is 0.464. The first-order valence-electron chi connectivity index (χ1n) is 13.0. The summed E-state index contributed by atoms with van der Waals surface area (Å²) in [5.74, 6) is 1.70. The Hall–Kier alpha value is -2.59. The topological polar surface area (TPSA) is 75.5 Å². The van der Waals surface area contributed by atoms with Crippen LogP contribution >= 0.6 is 11.3 Å². The lowest BCUT2D eigenvalue weighted by molar-refractivity contribution is 0.0497. The highest BCUT2D eigenvalue weighted by molar-refractivity contribution is 7.17. The average molecular weight is 538 g/mol. The lowest BCUT2D eigenvalue weighted by Crippen LogP contribution is -2.27. The van der Waals surface area contributed by atoms with Crippen molar-refractivity contribution in [3.05, 3.63) is 51.8 Å². The summed E-state index contributed by atoms with van der Waals surface area (Å²) in [4.78, 5) is 23.5. The summed E-state index contributed by atoms with van der Waals surface area (Å²) in [6, 6.07) is 8.89. The van der Waals surface area contributed by atoms with Gasteiger partial charge in [0.1, 0.15) is 18.2 Å². The molecule has 1 aromatic carbocycles. The molecule has 0 radical (unpaired) electrons. The van der Waals surface area contributed by atoms with Crippen molar-refractivity contribution < 1.29 is 14.2 Å². The Morgan fingerprint density at radius 1 is 1.19 bits per heavy atom. The lowest BCUT2D eigenvalue weighted by atomic mass is 10.0. The van der Waals surface area contributed by atoms with E-state index < -0.39 is 8.07 Å². The van der Waals surface area contributed by atoms with E-state index in [4.69, 9.17) is 19.2 Å². The van der Waals surface area contributed by atoms with E-state index in [0.717, 1.165) is 47.7 Å². The van der Waals surface area contributed by atoms with Gasteiger partial charge in [-0.3, -0.25) is 14.3 Å². The quantitative estimate of drug-likeness (QED) is 0.190. The van der Waals surface area contributed by atoms with E-state index in [9.17, 15) is 4.79 Å². The number of aromatic nitrogens is 3. The van der Waals surface area contributed by atoms with Crippen molar-refractivity contribution in [3.63, 3.8) is 0 Å². The van der Waals surface area contributed by atoms with Gasteiger partial charge in [0.25, 0.3) is 5.56 Å². The predicted molar refractivity (Wildman–Crippen MR) is 152 cm³/mol. The first kappa shape index (κ1) is 26.0. The third-order valence-electron chi connectivity index (χ3n) is 6.84. The molecule has 0 amide bonds. The summed E-state index contributed by atoms with van der Waals surface area (Å²) in [6.45, 7) is 11.9. The Balaban J connectivity index is 1.52. The zero-order chi connectivity index (χ0) is 26.0. The van der Waals surface area contributed by atoms with Gasteiger partial charge in [0.2, 0.25) is 0 Å². The maximum absolute atomic E-state index is 13.9. The van der Waals surface area contributed by atoms with Crippen LogP contribution in [0, 0.1) is 12.8 Å². The highest BCUT2D eigenvalue weighted by Gasteiger charge is 2.19. The highest BCUT2D eigenvalue weighted by atomic mass is 32.1. The minimum Gasteiger partial charge on any atom is -0.493 e. The molecular weight excluding hydrogens is 502 g/mol. The third kappa shape index (κ3) is 6.12. The van der Waals surface area contributed by atoms with Crippen molar-refractivity contribution in [2.24, 2.45) is 5.92 Å². The number of aryl methyl sites for hydroxylation is 1. The Labute approximate surface area is 222 Å². The maximum Gasteiger partial charge on any atom is 0.263 e. The number of hydrogen-bond donors (Lipinski definition) is 0. The summed E-state index contributed by atoms with van der Waals surface area (Å²) in [7, 11) is -1.26. The van der Waals surface area contributed by atoms with Gasteiger partial charge in [-0.15, -0.1) is 11.3 Å². The number of benzene rings is 1. The van der Waals surface area contributed by atoms with E-state index >= 15 is 0 Å². The summed E-state index contributed by atoms with van der Waals surface area (Å²) in [6.07, 6.45) is 3.85. The molecule has 5 rings (SSSR count). The van der Waals surface area contributed by atoms with Gasteiger partial charge in [0.05, 0.1) is 22.2 Å². The molecule has 0 bridgehead atoms. The van der Waals surface area contributed by atoms with Crippen LogP contribution in [0.5, 0.6) is 5.75 Å². The number of ether oxygens (including phenoxy) is 3. The van der Waals surface area contributed by atoms with Gasteiger partial charge in [0, 0.05) is 34.1 Å². The molecule has 9 heteroatoms. The Kier molecular flexibility index (Phi) is 7.76. The number of rotatable bonds is 9. The second kappa shape index (κ2) is 11.0. The third-order valence-corrected chi connectivity index (χ3v) is 9.41. The molecule has 0 N–H and O–H groups in total. The molecule has 37 heavy (non-hydrogen) atoms. The summed E-state index contributed by atoms with van der Waals surface area (Å²) in [5.41, 5.74) is 2.10. The van der Waals surface area contributed by atoms with Crippen molar-refractivity contribution in [3.8, 4) is 17.3 Å². The number of pyridine rings is 1. The lowest BCUT2D eigenvalue weighted by Gasteiger charge is -2.22. The zero-order valence-corrected chi connectivity index (χ0v) is 23.9. The molecule has 0 saturated carbocycles. The number of fused-ring (bicyclic) bond motifs is 2.